The van der Waals surface area contributed by atoms with Crippen LogP contribution in [0.4, 0.5) is 0 Å². The second-order valence-electron chi connectivity index (χ2n) is 5.04. The summed E-state index contributed by atoms with van der Waals surface area (Å²) in [6.45, 7) is 0.701. The number of thiophene rings is 1. The van der Waals surface area contributed by atoms with Crippen molar-refractivity contribution in [1.29, 1.82) is 0 Å². The fraction of sp³-hybridized carbons (Fsp3) is 0.167. The monoisotopic (exact) mass is 295 g/mol. The van der Waals surface area contributed by atoms with Crippen molar-refractivity contribution < 1.29 is 4.79 Å². The van der Waals surface area contributed by atoms with Gasteiger partial charge in [0.15, 0.2) is 0 Å². The minimum absolute atomic E-state index is 0.0850. The number of fused-ring (bicyclic) bond motifs is 1. The van der Waals surface area contributed by atoms with E-state index < -0.39 is 0 Å². The van der Waals surface area contributed by atoms with Crippen LogP contribution < -0.4 is 5.32 Å². The Kier molecular flexibility index (Phi) is 4.31. The quantitative estimate of drug-likeness (QED) is 0.762. The molecule has 0 radical (unpaired) electrons. The number of nitrogens with one attached hydrogen (secondary N) is 1. The first kappa shape index (κ1) is 13.8. The fourth-order valence-corrected chi connectivity index (χ4v) is 3.09. The molecule has 106 valence electrons. The van der Waals surface area contributed by atoms with Crippen LogP contribution >= 0.6 is 11.3 Å². The molecule has 2 aromatic carbocycles. The first-order valence-electron chi connectivity index (χ1n) is 7.08. The van der Waals surface area contributed by atoms with Crippen LogP contribution in [0.5, 0.6) is 0 Å². The summed E-state index contributed by atoms with van der Waals surface area (Å²) >= 11 is 1.73. The maximum absolute atomic E-state index is 12.0. The van der Waals surface area contributed by atoms with Crippen LogP contribution in [0.15, 0.2) is 60.0 Å². The fourth-order valence-electron chi connectivity index (χ4n) is 2.38. The van der Waals surface area contributed by atoms with Gasteiger partial charge in [-0.3, -0.25) is 4.79 Å². The van der Waals surface area contributed by atoms with Crippen molar-refractivity contribution in [3.8, 4) is 0 Å². The molecule has 1 N–H and O–H groups in total. The molecule has 0 saturated heterocycles. The molecule has 0 bridgehead atoms. The van der Waals surface area contributed by atoms with Crippen LogP contribution in [0.2, 0.25) is 0 Å². The van der Waals surface area contributed by atoms with Crippen molar-refractivity contribution in [1.82, 2.24) is 5.32 Å². The van der Waals surface area contributed by atoms with Gasteiger partial charge >= 0.3 is 0 Å². The van der Waals surface area contributed by atoms with E-state index in [1.807, 2.05) is 24.3 Å². The van der Waals surface area contributed by atoms with Crippen molar-refractivity contribution in [2.45, 2.75) is 12.8 Å². The minimum Gasteiger partial charge on any atom is -0.355 e. The molecular weight excluding hydrogens is 278 g/mol. The van der Waals surface area contributed by atoms with E-state index >= 15 is 0 Å². The maximum atomic E-state index is 12.0. The number of carbonyl (C=O) groups is 1. The standard InChI is InChI=1S/C18H17NOS/c20-18(19-10-9-17-6-3-11-21-17)13-14-7-8-15-4-1-2-5-16(15)12-14/h1-8,11-12H,9-10,13H2,(H,19,20). The summed E-state index contributed by atoms with van der Waals surface area (Å²) in [4.78, 5) is 13.3. The summed E-state index contributed by atoms with van der Waals surface area (Å²) in [6.07, 6.45) is 1.34. The molecule has 1 aromatic heterocycles. The highest BCUT2D eigenvalue weighted by atomic mass is 32.1. The number of amides is 1. The summed E-state index contributed by atoms with van der Waals surface area (Å²) in [7, 11) is 0. The van der Waals surface area contributed by atoms with Crippen molar-refractivity contribution in [3.05, 3.63) is 70.4 Å². The number of benzene rings is 2. The van der Waals surface area contributed by atoms with Crippen LogP contribution in [0, 0.1) is 0 Å². The second-order valence-corrected chi connectivity index (χ2v) is 6.07. The molecule has 1 amide bonds. The van der Waals surface area contributed by atoms with E-state index in [4.69, 9.17) is 0 Å². The predicted octanol–water partition coefficient (Wildman–Crippen LogP) is 3.80. The number of hydrogen-bond donors (Lipinski definition) is 1. The molecule has 1 heterocycles. The molecule has 0 saturated carbocycles. The van der Waals surface area contributed by atoms with E-state index in [-0.39, 0.29) is 5.91 Å². The molecule has 0 aliphatic heterocycles. The van der Waals surface area contributed by atoms with Crippen LogP contribution in [0.25, 0.3) is 10.8 Å². The third-order valence-corrected chi connectivity index (χ3v) is 4.39. The lowest BCUT2D eigenvalue weighted by molar-refractivity contribution is -0.120. The van der Waals surface area contributed by atoms with Gasteiger partial charge in [-0.2, -0.15) is 0 Å². The first-order chi connectivity index (χ1) is 10.3. The van der Waals surface area contributed by atoms with Crippen LogP contribution in [0.3, 0.4) is 0 Å². The van der Waals surface area contributed by atoms with Crippen molar-refractivity contribution in [2.75, 3.05) is 6.54 Å². The number of hydrogen-bond acceptors (Lipinski definition) is 2. The van der Waals surface area contributed by atoms with Gasteiger partial charge in [-0.15, -0.1) is 11.3 Å². The van der Waals surface area contributed by atoms with E-state index in [2.05, 4.69) is 41.0 Å². The third kappa shape index (κ3) is 3.70. The summed E-state index contributed by atoms with van der Waals surface area (Å²) in [5.41, 5.74) is 1.06. The lowest BCUT2D eigenvalue weighted by Crippen LogP contribution is -2.27. The Bertz CT molecular complexity index is 734. The molecule has 0 fully saturated rings. The Morgan fingerprint density at radius 2 is 1.86 bits per heavy atom. The highest BCUT2D eigenvalue weighted by Crippen LogP contribution is 2.16. The van der Waals surface area contributed by atoms with E-state index in [0.717, 1.165) is 12.0 Å². The Labute approximate surface area is 128 Å². The zero-order valence-corrected chi connectivity index (χ0v) is 12.5. The van der Waals surface area contributed by atoms with E-state index in [9.17, 15) is 4.79 Å². The molecule has 0 aliphatic carbocycles. The molecule has 3 aromatic rings. The molecule has 0 unspecified atom stereocenters. The summed E-state index contributed by atoms with van der Waals surface area (Å²) in [5.74, 6) is 0.0850. The molecule has 0 atom stereocenters. The summed E-state index contributed by atoms with van der Waals surface area (Å²) in [6, 6.07) is 18.5. The lowest BCUT2D eigenvalue weighted by atomic mass is 10.0. The average Bonchev–Trinajstić information content (AvgIpc) is 3.00. The van der Waals surface area contributed by atoms with Crippen LogP contribution in [0.1, 0.15) is 10.4 Å². The van der Waals surface area contributed by atoms with Gasteiger partial charge in [-0.05, 0) is 34.2 Å². The summed E-state index contributed by atoms with van der Waals surface area (Å²) in [5, 5.41) is 7.44. The highest BCUT2D eigenvalue weighted by molar-refractivity contribution is 7.09. The highest BCUT2D eigenvalue weighted by Gasteiger charge is 2.04. The van der Waals surface area contributed by atoms with Crippen LogP contribution in [-0.2, 0) is 17.6 Å². The number of carbonyl (C=O) groups excluding carboxylic acids is 1. The molecule has 0 aliphatic rings. The average molecular weight is 295 g/mol. The first-order valence-corrected chi connectivity index (χ1v) is 7.96. The maximum Gasteiger partial charge on any atom is 0.224 e. The van der Waals surface area contributed by atoms with Gasteiger partial charge in [0.2, 0.25) is 5.91 Å². The van der Waals surface area contributed by atoms with Gasteiger partial charge in [0, 0.05) is 11.4 Å². The van der Waals surface area contributed by atoms with Crippen molar-refractivity contribution in [3.63, 3.8) is 0 Å². The van der Waals surface area contributed by atoms with Crippen molar-refractivity contribution >= 4 is 28.0 Å². The third-order valence-electron chi connectivity index (χ3n) is 3.45. The van der Waals surface area contributed by atoms with E-state index in [1.165, 1.54) is 15.6 Å². The van der Waals surface area contributed by atoms with Gasteiger partial charge in [0.25, 0.3) is 0 Å². The van der Waals surface area contributed by atoms with Gasteiger partial charge in [-0.1, -0.05) is 48.5 Å². The predicted molar refractivity (Wildman–Crippen MR) is 88.7 cm³/mol. The molecule has 3 rings (SSSR count). The molecule has 3 heteroatoms. The molecule has 0 spiro atoms. The smallest absolute Gasteiger partial charge is 0.224 e. The zero-order valence-electron chi connectivity index (χ0n) is 11.7. The topological polar surface area (TPSA) is 29.1 Å². The van der Waals surface area contributed by atoms with Crippen molar-refractivity contribution in [2.24, 2.45) is 0 Å². The van der Waals surface area contributed by atoms with E-state index in [0.29, 0.717) is 13.0 Å². The van der Waals surface area contributed by atoms with Gasteiger partial charge in [0.05, 0.1) is 6.42 Å². The molecule has 21 heavy (non-hydrogen) atoms. The lowest BCUT2D eigenvalue weighted by Gasteiger charge is -2.06. The number of rotatable bonds is 5. The Balaban J connectivity index is 1.55. The largest absolute Gasteiger partial charge is 0.355 e. The van der Waals surface area contributed by atoms with Crippen LogP contribution in [-0.4, -0.2) is 12.5 Å². The minimum atomic E-state index is 0.0850. The Morgan fingerprint density at radius 1 is 1.00 bits per heavy atom. The zero-order chi connectivity index (χ0) is 14.5. The second kappa shape index (κ2) is 6.55. The SMILES string of the molecule is O=C(Cc1ccc2ccccc2c1)NCCc1cccs1. The summed E-state index contributed by atoms with van der Waals surface area (Å²) < 4.78 is 0. The van der Waals surface area contributed by atoms with Gasteiger partial charge in [0.1, 0.15) is 0 Å². The van der Waals surface area contributed by atoms with Gasteiger partial charge < -0.3 is 5.32 Å². The molecular formula is C18H17NOS. The van der Waals surface area contributed by atoms with E-state index in [1.54, 1.807) is 11.3 Å². The Hall–Kier alpha value is -2.13. The van der Waals surface area contributed by atoms with Gasteiger partial charge in [-0.25, -0.2) is 0 Å². The molecule has 2 nitrogen and oxygen atoms in total. The normalized spacial score (nSPS) is 10.7. The Morgan fingerprint density at radius 3 is 2.67 bits per heavy atom.